The van der Waals surface area contributed by atoms with Crippen LogP contribution in [0, 0.1) is 0 Å². The molecule has 0 spiro atoms. The summed E-state index contributed by atoms with van der Waals surface area (Å²) >= 11 is -3.63. The van der Waals surface area contributed by atoms with Crippen LogP contribution in [0.25, 0.3) is 0 Å². The van der Waals surface area contributed by atoms with Gasteiger partial charge in [0.1, 0.15) is 0 Å². The van der Waals surface area contributed by atoms with Crippen LogP contribution in [0.3, 0.4) is 0 Å². The van der Waals surface area contributed by atoms with Gasteiger partial charge in [-0.3, -0.25) is 0 Å². The first-order valence-corrected chi connectivity index (χ1v) is 17.1. The molecule has 4 nitrogen and oxygen atoms in total. The molecule has 2 aromatic carbocycles. The second-order valence-corrected chi connectivity index (χ2v) is 15.6. The van der Waals surface area contributed by atoms with Gasteiger partial charge in [0.15, 0.2) is 0 Å². The third-order valence-electron chi connectivity index (χ3n) is 3.02. The molecule has 0 amide bonds. The molecule has 0 saturated carbocycles. The fraction of sp³-hybridized carbons (Fsp3) is 0.125. The number of benzene rings is 2. The molecule has 0 saturated heterocycles. The van der Waals surface area contributed by atoms with Crippen molar-refractivity contribution in [3.05, 3.63) is 60.7 Å². The van der Waals surface area contributed by atoms with E-state index >= 15 is 0 Å². The predicted octanol–water partition coefficient (Wildman–Crippen LogP) is 1.50. The van der Waals surface area contributed by atoms with Crippen LogP contribution in [0.1, 0.15) is 12.8 Å². The van der Waals surface area contributed by atoms with E-state index in [4.69, 9.17) is 5.29 Å². The molecule has 0 aromatic heterocycles. The van der Waals surface area contributed by atoms with Gasteiger partial charge in [-0.15, -0.1) is 0 Å². The molecule has 22 heavy (non-hydrogen) atoms. The Morgan fingerprint density at radius 3 is 1.41 bits per heavy atom. The van der Waals surface area contributed by atoms with E-state index in [1.165, 1.54) is 0 Å². The first-order valence-electron chi connectivity index (χ1n) is 7.13. The van der Waals surface area contributed by atoms with E-state index in [0.29, 0.717) is 0 Å². The Bertz CT molecular complexity index is 547. The van der Waals surface area contributed by atoms with Crippen LogP contribution in [0.15, 0.2) is 60.7 Å². The monoisotopic (exact) mass is 674 g/mol. The molecule has 0 atom stereocenters. The van der Waals surface area contributed by atoms with Crippen molar-refractivity contribution in [2.45, 2.75) is 12.8 Å². The predicted molar refractivity (Wildman–Crippen MR) is 73.6 cm³/mol. The molecule has 0 heterocycles. The minimum absolute atomic E-state index is 0.119. The molecule has 0 N–H and O–H groups in total. The van der Waals surface area contributed by atoms with Crippen LogP contribution in [-0.4, -0.2) is 11.9 Å². The van der Waals surface area contributed by atoms with E-state index in [0.717, 1.165) is 6.14 Å². The van der Waals surface area contributed by atoms with E-state index in [1.54, 1.807) is 0 Å². The molecule has 2 rings (SSSR count). The molecule has 0 aliphatic rings. The topological polar surface area (TPSA) is 52.6 Å². The quantitative estimate of drug-likeness (QED) is 0.420. The Morgan fingerprint density at radius 1 is 0.682 bits per heavy atom. The third-order valence-corrected chi connectivity index (χ3v) is 12.9. The second kappa shape index (κ2) is 10.1. The average molecular weight is 671 g/mol. The molecule has 0 fully saturated rings. The molecule has 106 valence electrons. The fourth-order valence-corrected chi connectivity index (χ4v) is 9.11. The van der Waals surface area contributed by atoms with Gasteiger partial charge < -0.3 is 0 Å². The zero-order chi connectivity index (χ0) is 15.6. The minimum atomic E-state index is -1.81. The summed E-state index contributed by atoms with van der Waals surface area (Å²) in [5.74, 6) is -0.558. The summed E-state index contributed by atoms with van der Waals surface area (Å²) < 4.78 is 13.0. The Morgan fingerprint density at radius 2 is 1.05 bits per heavy atom. The van der Waals surface area contributed by atoms with Gasteiger partial charge >= 0.3 is 157 Å². The summed E-state index contributed by atoms with van der Waals surface area (Å²) in [5, 5.41) is 0. The van der Waals surface area contributed by atoms with Crippen molar-refractivity contribution < 1.29 is 64.9 Å². The molecule has 2 aromatic rings. The molecule has 0 aliphatic carbocycles. The van der Waals surface area contributed by atoms with Crippen molar-refractivity contribution in [2.24, 2.45) is 0 Å². The van der Waals surface area contributed by atoms with E-state index in [9.17, 15) is 9.59 Å². The Kier molecular flexibility index (Phi) is 8.09. The van der Waals surface area contributed by atoms with Crippen molar-refractivity contribution in [3.8, 4) is 0 Å². The molecule has 6 heteroatoms. The van der Waals surface area contributed by atoms with E-state index in [1.807, 2.05) is 60.7 Å². The number of carbonyl (C=O) groups excluding carboxylic acids is 2. The van der Waals surface area contributed by atoms with Gasteiger partial charge in [-0.2, -0.15) is 0 Å². The van der Waals surface area contributed by atoms with Crippen LogP contribution in [-0.2, 0) is 64.9 Å². The van der Waals surface area contributed by atoms with Crippen molar-refractivity contribution in [1.29, 1.82) is 0 Å². The molecule has 0 aliphatic heterocycles. The summed E-state index contributed by atoms with van der Waals surface area (Å²) in [7, 11) is 0. The summed E-state index contributed by atoms with van der Waals surface area (Å²) in [4.78, 5) is 23.3. The zero-order valence-electron chi connectivity index (χ0n) is 12.2. The molecular formula is C16H14Hg2O4. The maximum atomic E-state index is 11.6. The van der Waals surface area contributed by atoms with Crippen LogP contribution >= 0.6 is 0 Å². The summed E-state index contributed by atoms with van der Waals surface area (Å²) in [5.41, 5.74) is 0. The van der Waals surface area contributed by atoms with Crippen LogP contribution < -0.4 is 6.14 Å². The number of hydrogen-bond acceptors (Lipinski definition) is 4. The van der Waals surface area contributed by atoms with Gasteiger partial charge in [0.25, 0.3) is 0 Å². The number of rotatable bonds is 7. The van der Waals surface area contributed by atoms with Gasteiger partial charge in [0.05, 0.1) is 0 Å². The summed E-state index contributed by atoms with van der Waals surface area (Å²) in [6.07, 6.45) is 0.239. The zero-order valence-corrected chi connectivity index (χ0v) is 23.2. The van der Waals surface area contributed by atoms with Crippen LogP contribution in [0.2, 0.25) is 0 Å². The van der Waals surface area contributed by atoms with Crippen LogP contribution in [0.4, 0.5) is 0 Å². The first-order chi connectivity index (χ1) is 10.7. The normalized spacial score (nSPS) is 9.27. The van der Waals surface area contributed by atoms with Gasteiger partial charge in [-0.25, -0.2) is 0 Å². The standard InChI is InChI=1S/2C6H5.C4H6O4.2Hg/c2*1-2-4-6-5-3-1;5-3(6)1-2-4(7)8;;/h2*1-5H;1-2H2,(H,5,6)(H,7,8);;/q;;;2*+1/p-2. The average Bonchev–Trinajstić information content (AvgIpc) is 2.58. The SMILES string of the molecule is O=C(CCC(=O)[O][Hg][c]1ccccc1)[O][Hg][c]1ccccc1. The van der Waals surface area contributed by atoms with Gasteiger partial charge in [0, 0.05) is 0 Å². The van der Waals surface area contributed by atoms with E-state index in [2.05, 4.69) is 0 Å². The van der Waals surface area contributed by atoms with Gasteiger partial charge in [-0.1, -0.05) is 0 Å². The summed E-state index contributed by atoms with van der Waals surface area (Å²) in [6.45, 7) is 0. The van der Waals surface area contributed by atoms with Crippen molar-refractivity contribution in [1.82, 2.24) is 0 Å². The molecule has 0 bridgehead atoms. The van der Waals surface area contributed by atoms with E-state index in [-0.39, 0.29) is 24.8 Å². The van der Waals surface area contributed by atoms with Gasteiger partial charge in [0.2, 0.25) is 0 Å². The number of hydrogen-bond donors (Lipinski definition) is 0. The Labute approximate surface area is 155 Å². The second-order valence-electron chi connectivity index (χ2n) is 4.79. The molecule has 0 unspecified atom stereocenters. The molecule has 0 radical (unpaired) electrons. The fourth-order valence-electron chi connectivity index (χ4n) is 1.82. The van der Waals surface area contributed by atoms with Crippen molar-refractivity contribution in [2.75, 3.05) is 0 Å². The van der Waals surface area contributed by atoms with Crippen molar-refractivity contribution in [3.63, 3.8) is 0 Å². The Balaban J connectivity index is 1.62. The van der Waals surface area contributed by atoms with E-state index < -0.39 is 50.1 Å². The first kappa shape index (κ1) is 17.6. The van der Waals surface area contributed by atoms with Crippen molar-refractivity contribution >= 4 is 18.1 Å². The third kappa shape index (κ3) is 7.01. The summed E-state index contributed by atoms with van der Waals surface area (Å²) in [6, 6.07) is 19.6. The number of carbonyl (C=O) groups is 2. The Hall–Kier alpha value is -0.750. The molecular weight excluding hydrogens is 657 g/mol. The maximum absolute atomic E-state index is 11.6. The van der Waals surface area contributed by atoms with Crippen LogP contribution in [0.5, 0.6) is 0 Å². The van der Waals surface area contributed by atoms with Gasteiger partial charge in [-0.05, 0) is 0 Å².